The zero-order valence-electron chi connectivity index (χ0n) is 11.1. The van der Waals surface area contributed by atoms with Gasteiger partial charge in [-0.2, -0.15) is 11.8 Å². The Kier molecular flexibility index (Phi) is 5.47. The maximum Gasteiger partial charge on any atom is 0.110 e. The van der Waals surface area contributed by atoms with Crippen molar-refractivity contribution in [3.05, 3.63) is 22.6 Å². The van der Waals surface area contributed by atoms with Crippen LogP contribution < -0.4 is 10.2 Å². The van der Waals surface area contributed by atoms with Crippen LogP contribution in [0.4, 0.5) is 0 Å². The van der Waals surface area contributed by atoms with Gasteiger partial charge < -0.3 is 24.2 Å². The predicted molar refractivity (Wildman–Crippen MR) is 67.5 cm³/mol. The number of carboxylic acids is 2. The van der Waals surface area contributed by atoms with E-state index in [4.69, 9.17) is 4.42 Å². The number of aliphatic carboxylic acids is 1. The van der Waals surface area contributed by atoms with E-state index in [0.717, 1.165) is 11.8 Å². The molecule has 0 unspecified atom stereocenters. The van der Waals surface area contributed by atoms with Crippen LogP contribution in [0.1, 0.15) is 41.3 Å². The normalized spacial score (nSPS) is 10.9. The first-order valence-corrected chi connectivity index (χ1v) is 7.08. The molecule has 19 heavy (non-hydrogen) atoms. The Morgan fingerprint density at radius 3 is 2.42 bits per heavy atom. The van der Waals surface area contributed by atoms with Gasteiger partial charge in [-0.05, 0) is 12.8 Å². The van der Waals surface area contributed by atoms with Gasteiger partial charge >= 0.3 is 0 Å². The molecule has 0 aliphatic heterocycles. The topological polar surface area (TPSA) is 93.4 Å². The summed E-state index contributed by atoms with van der Waals surface area (Å²) in [7, 11) is 0. The molecule has 0 saturated carbocycles. The fraction of sp³-hybridized carbons (Fsp3) is 0.538. The van der Waals surface area contributed by atoms with Crippen molar-refractivity contribution in [1.82, 2.24) is 0 Å². The zero-order chi connectivity index (χ0) is 14.6. The van der Waals surface area contributed by atoms with Crippen LogP contribution in [0.15, 0.2) is 4.42 Å². The molecule has 0 aromatic carbocycles. The lowest BCUT2D eigenvalue weighted by Gasteiger charge is -2.08. The highest BCUT2D eigenvalue weighted by Gasteiger charge is 2.19. The highest BCUT2D eigenvalue weighted by atomic mass is 32.2. The summed E-state index contributed by atoms with van der Waals surface area (Å²) in [6.07, 6.45) is 0.606. The number of rotatable bonds is 7. The van der Waals surface area contributed by atoms with E-state index >= 15 is 0 Å². The van der Waals surface area contributed by atoms with E-state index < -0.39 is 11.9 Å². The summed E-state index contributed by atoms with van der Waals surface area (Å²) < 4.78 is 5.48. The van der Waals surface area contributed by atoms with Crippen molar-refractivity contribution in [1.29, 1.82) is 0 Å². The van der Waals surface area contributed by atoms with Crippen LogP contribution in [-0.2, 0) is 17.0 Å². The number of aryl methyl sites for hydroxylation is 1. The van der Waals surface area contributed by atoms with Crippen molar-refractivity contribution in [3.63, 3.8) is 0 Å². The molecule has 0 spiro atoms. The van der Waals surface area contributed by atoms with E-state index in [2.05, 4.69) is 0 Å². The quantitative estimate of drug-likeness (QED) is 0.706. The molecular weight excluding hydrogens is 268 g/mol. The average molecular weight is 284 g/mol. The van der Waals surface area contributed by atoms with Crippen molar-refractivity contribution in [2.45, 2.75) is 32.9 Å². The molecule has 106 valence electrons. The van der Waals surface area contributed by atoms with E-state index in [1.54, 1.807) is 6.92 Å². The van der Waals surface area contributed by atoms with Crippen molar-refractivity contribution in [2.75, 3.05) is 5.75 Å². The Balaban J connectivity index is 3.00. The number of furan rings is 1. The number of hydrogen-bond donors (Lipinski definition) is 0. The van der Waals surface area contributed by atoms with Gasteiger partial charge in [0.1, 0.15) is 11.5 Å². The molecule has 0 N–H and O–H groups in total. The highest BCUT2D eigenvalue weighted by molar-refractivity contribution is 7.99. The number of hydrogen-bond acceptors (Lipinski definition) is 6. The first-order chi connectivity index (χ1) is 8.82. The summed E-state index contributed by atoms with van der Waals surface area (Å²) >= 11 is 1.09. The molecule has 5 nitrogen and oxygen atoms in total. The van der Waals surface area contributed by atoms with Crippen LogP contribution in [0, 0.1) is 12.8 Å². The largest absolute Gasteiger partial charge is 0.549 e. The minimum atomic E-state index is -1.29. The molecule has 1 aromatic heterocycles. The van der Waals surface area contributed by atoms with E-state index in [1.807, 2.05) is 13.8 Å². The maximum absolute atomic E-state index is 11.1. The Hall–Kier alpha value is -1.43. The lowest BCUT2D eigenvalue weighted by atomic mass is 10.0. The summed E-state index contributed by atoms with van der Waals surface area (Å²) in [5.41, 5.74) is 0.568. The van der Waals surface area contributed by atoms with Crippen molar-refractivity contribution < 1.29 is 24.2 Å². The molecule has 0 saturated heterocycles. The molecule has 0 fully saturated rings. The minimum Gasteiger partial charge on any atom is -0.549 e. The second-order valence-electron chi connectivity index (χ2n) is 4.69. The fourth-order valence-electron chi connectivity index (χ4n) is 1.84. The summed E-state index contributed by atoms with van der Waals surface area (Å²) in [5, 5.41) is 21.5. The highest BCUT2D eigenvalue weighted by Crippen LogP contribution is 2.28. The molecule has 1 heterocycles. The molecular formula is C13H16O5S-2. The SMILES string of the molecule is Cc1oc(CC(C)C)c(CSCC(=O)[O-])c1C(=O)[O-]. The second kappa shape index (κ2) is 6.65. The van der Waals surface area contributed by atoms with Gasteiger partial charge in [0.05, 0.1) is 11.9 Å². The standard InChI is InChI=1S/C13H18O5S/c1-7(2)4-10-9(5-19-6-11(14)15)12(13(16)17)8(3)18-10/h7H,4-6H2,1-3H3,(H,14,15)(H,16,17)/p-2. The Morgan fingerprint density at radius 2 is 1.95 bits per heavy atom. The van der Waals surface area contributed by atoms with E-state index in [1.165, 1.54) is 0 Å². The Bertz CT molecular complexity index is 476. The third kappa shape index (κ3) is 4.31. The first kappa shape index (κ1) is 15.6. The third-order valence-electron chi connectivity index (χ3n) is 2.53. The molecule has 0 atom stereocenters. The molecule has 0 aliphatic carbocycles. The molecule has 1 aromatic rings. The second-order valence-corrected chi connectivity index (χ2v) is 5.67. The predicted octanol–water partition coefficient (Wildman–Crippen LogP) is 0.133. The van der Waals surface area contributed by atoms with Gasteiger partial charge in [0, 0.05) is 29.1 Å². The van der Waals surface area contributed by atoms with Gasteiger partial charge in [0.25, 0.3) is 0 Å². The maximum atomic E-state index is 11.1. The summed E-state index contributed by atoms with van der Waals surface area (Å²) in [6, 6.07) is 0. The zero-order valence-corrected chi connectivity index (χ0v) is 12.0. The summed E-state index contributed by atoms with van der Waals surface area (Å²) in [4.78, 5) is 21.5. The van der Waals surface area contributed by atoms with Crippen LogP contribution in [0.2, 0.25) is 0 Å². The van der Waals surface area contributed by atoms with Gasteiger partial charge in [-0.25, -0.2) is 0 Å². The van der Waals surface area contributed by atoms with Crippen LogP contribution >= 0.6 is 11.8 Å². The molecule has 0 bridgehead atoms. The molecule has 1 rings (SSSR count). The molecule has 0 aliphatic rings. The lowest BCUT2D eigenvalue weighted by molar-refractivity contribution is -0.301. The van der Waals surface area contributed by atoms with Crippen LogP contribution in [-0.4, -0.2) is 17.7 Å². The van der Waals surface area contributed by atoms with Crippen LogP contribution in [0.3, 0.4) is 0 Å². The van der Waals surface area contributed by atoms with E-state index in [0.29, 0.717) is 29.4 Å². The number of thioether (sulfide) groups is 1. The molecule has 0 radical (unpaired) electrons. The van der Waals surface area contributed by atoms with Crippen molar-refractivity contribution >= 4 is 23.7 Å². The van der Waals surface area contributed by atoms with E-state index in [9.17, 15) is 19.8 Å². The summed E-state index contributed by atoms with van der Waals surface area (Å²) in [5.74, 6) is -1.18. The van der Waals surface area contributed by atoms with Gasteiger partial charge in [-0.15, -0.1) is 0 Å². The number of carbonyl (C=O) groups excluding carboxylic acids is 2. The van der Waals surface area contributed by atoms with Crippen LogP contribution in [0.5, 0.6) is 0 Å². The van der Waals surface area contributed by atoms with Crippen molar-refractivity contribution in [2.24, 2.45) is 5.92 Å². The van der Waals surface area contributed by atoms with Gasteiger partial charge in [0.2, 0.25) is 0 Å². The molecule has 0 amide bonds. The smallest absolute Gasteiger partial charge is 0.110 e. The summed E-state index contributed by atoms with van der Waals surface area (Å²) in [6.45, 7) is 5.56. The molecule has 6 heteroatoms. The van der Waals surface area contributed by atoms with Gasteiger partial charge in [-0.3, -0.25) is 0 Å². The van der Waals surface area contributed by atoms with Gasteiger partial charge in [0.15, 0.2) is 0 Å². The third-order valence-corrected chi connectivity index (χ3v) is 3.46. The Labute approximate surface area is 116 Å². The Morgan fingerprint density at radius 1 is 1.32 bits per heavy atom. The monoisotopic (exact) mass is 284 g/mol. The fourth-order valence-corrected chi connectivity index (χ4v) is 2.62. The van der Waals surface area contributed by atoms with E-state index in [-0.39, 0.29) is 17.1 Å². The van der Waals surface area contributed by atoms with Crippen LogP contribution in [0.25, 0.3) is 0 Å². The van der Waals surface area contributed by atoms with Crippen molar-refractivity contribution in [3.8, 4) is 0 Å². The van der Waals surface area contributed by atoms with Gasteiger partial charge in [-0.1, -0.05) is 13.8 Å². The lowest BCUT2D eigenvalue weighted by Crippen LogP contribution is -2.25. The minimum absolute atomic E-state index is 0.0431. The first-order valence-electron chi connectivity index (χ1n) is 5.93. The number of carbonyl (C=O) groups is 2. The number of aromatic carboxylic acids is 1. The number of carboxylic acid groups (broad SMARTS) is 2. The average Bonchev–Trinajstić information content (AvgIpc) is 2.53.